The van der Waals surface area contributed by atoms with E-state index in [1.54, 1.807) is 19.3 Å². The molecule has 0 fully saturated rings. The summed E-state index contributed by atoms with van der Waals surface area (Å²) in [5.74, 6) is 0.344. The molecule has 0 aliphatic rings. The highest BCUT2D eigenvalue weighted by Gasteiger charge is 2.39. The molecule has 0 saturated heterocycles. The smallest absolute Gasteiger partial charge is 0.248 e. The number of aromatic nitrogens is 2. The van der Waals surface area contributed by atoms with Gasteiger partial charge in [-0.15, -0.1) is 0 Å². The highest BCUT2D eigenvalue weighted by molar-refractivity contribution is 6.02. The number of hydrogen-bond acceptors (Lipinski definition) is 3. The lowest BCUT2D eigenvalue weighted by molar-refractivity contribution is -0.111. The SMILES string of the molecule is COc1ccccc1NC(=O)/C=C/c1ncn(C(c2ccccc2)(c2ccccc2)c2ccccc2)c1C. The fourth-order valence-corrected chi connectivity index (χ4v) is 4.96. The minimum absolute atomic E-state index is 0.260. The summed E-state index contributed by atoms with van der Waals surface area (Å²) in [6.45, 7) is 2.04. The molecule has 0 aliphatic heterocycles. The number of rotatable bonds is 8. The second-order valence-corrected chi connectivity index (χ2v) is 8.92. The van der Waals surface area contributed by atoms with Gasteiger partial charge < -0.3 is 14.6 Å². The second kappa shape index (κ2) is 11.0. The number of nitrogens with zero attached hydrogens (tertiary/aromatic N) is 2. The summed E-state index contributed by atoms with van der Waals surface area (Å²) >= 11 is 0. The molecular formula is C33H29N3O2. The summed E-state index contributed by atoms with van der Waals surface area (Å²) in [6, 6.07) is 38.7. The number of carbonyl (C=O) groups excluding carboxylic acids is 1. The second-order valence-electron chi connectivity index (χ2n) is 8.92. The predicted octanol–water partition coefficient (Wildman–Crippen LogP) is 6.69. The van der Waals surface area contributed by atoms with Gasteiger partial charge in [0, 0.05) is 11.8 Å². The highest BCUT2D eigenvalue weighted by atomic mass is 16.5. The Balaban J connectivity index is 1.60. The van der Waals surface area contributed by atoms with Gasteiger partial charge in [-0.05, 0) is 41.8 Å². The molecule has 1 amide bonds. The Morgan fingerprint density at radius 2 is 1.29 bits per heavy atom. The van der Waals surface area contributed by atoms with E-state index in [2.05, 4.69) is 82.7 Å². The third kappa shape index (κ3) is 4.62. The summed E-state index contributed by atoms with van der Waals surface area (Å²) in [5, 5.41) is 2.88. The van der Waals surface area contributed by atoms with E-state index in [-0.39, 0.29) is 5.91 Å². The molecule has 0 aliphatic carbocycles. The van der Waals surface area contributed by atoms with Crippen LogP contribution in [0, 0.1) is 6.92 Å². The Bertz CT molecular complexity index is 1440. The first-order valence-electron chi connectivity index (χ1n) is 12.5. The topological polar surface area (TPSA) is 56.1 Å². The van der Waals surface area contributed by atoms with Crippen LogP contribution in [0.2, 0.25) is 0 Å². The van der Waals surface area contributed by atoms with E-state index in [4.69, 9.17) is 9.72 Å². The monoisotopic (exact) mass is 499 g/mol. The number of carbonyl (C=O) groups is 1. The van der Waals surface area contributed by atoms with Gasteiger partial charge in [-0.25, -0.2) is 4.98 Å². The number of ether oxygens (including phenoxy) is 1. The van der Waals surface area contributed by atoms with Gasteiger partial charge in [0.15, 0.2) is 0 Å². The molecule has 38 heavy (non-hydrogen) atoms. The van der Waals surface area contributed by atoms with Crippen LogP contribution in [0.4, 0.5) is 5.69 Å². The van der Waals surface area contributed by atoms with Crippen LogP contribution < -0.4 is 10.1 Å². The molecule has 5 nitrogen and oxygen atoms in total. The largest absolute Gasteiger partial charge is 0.495 e. The molecule has 5 rings (SSSR count). The molecule has 0 atom stereocenters. The molecule has 5 heteroatoms. The molecule has 0 unspecified atom stereocenters. The van der Waals surface area contributed by atoms with Crippen LogP contribution in [0.5, 0.6) is 5.75 Å². The Morgan fingerprint density at radius 3 is 1.82 bits per heavy atom. The standard InChI is InChI=1S/C33H29N3O2/c1-25-29(22-23-32(37)35-30-20-12-13-21-31(30)38-2)34-24-36(25)33(26-14-6-3-7-15-26,27-16-8-4-9-17-27)28-18-10-5-11-19-28/h3-24H,1-2H3,(H,35,37)/b23-22+. The van der Waals surface area contributed by atoms with Gasteiger partial charge in [0.25, 0.3) is 0 Å². The van der Waals surface area contributed by atoms with Crippen LogP contribution in [0.15, 0.2) is 128 Å². The zero-order valence-corrected chi connectivity index (χ0v) is 21.4. The molecular weight excluding hydrogens is 470 g/mol. The minimum atomic E-state index is -0.660. The number of imidazole rings is 1. The van der Waals surface area contributed by atoms with Crippen LogP contribution in [-0.4, -0.2) is 22.6 Å². The average molecular weight is 500 g/mol. The lowest BCUT2D eigenvalue weighted by atomic mass is 9.76. The maximum Gasteiger partial charge on any atom is 0.248 e. The van der Waals surface area contributed by atoms with Crippen LogP contribution in [-0.2, 0) is 10.3 Å². The maximum atomic E-state index is 12.7. The van der Waals surface area contributed by atoms with Gasteiger partial charge in [-0.2, -0.15) is 0 Å². The molecule has 1 N–H and O–H groups in total. The highest BCUT2D eigenvalue weighted by Crippen LogP contribution is 2.41. The predicted molar refractivity (Wildman–Crippen MR) is 152 cm³/mol. The first kappa shape index (κ1) is 24.8. The van der Waals surface area contributed by atoms with Gasteiger partial charge in [-0.1, -0.05) is 103 Å². The number of para-hydroxylation sites is 2. The molecule has 0 spiro atoms. The van der Waals surface area contributed by atoms with Crippen LogP contribution in [0.25, 0.3) is 6.08 Å². The van der Waals surface area contributed by atoms with Crippen molar-refractivity contribution >= 4 is 17.7 Å². The van der Waals surface area contributed by atoms with Crippen molar-refractivity contribution in [2.75, 3.05) is 12.4 Å². The Kier molecular flexibility index (Phi) is 7.18. The van der Waals surface area contributed by atoms with E-state index in [0.717, 1.165) is 22.4 Å². The zero-order chi connectivity index (χ0) is 26.4. The zero-order valence-electron chi connectivity index (χ0n) is 21.4. The summed E-state index contributed by atoms with van der Waals surface area (Å²) in [5.41, 5.74) is 4.94. The molecule has 0 radical (unpaired) electrons. The normalized spacial score (nSPS) is 11.4. The van der Waals surface area contributed by atoms with Crippen molar-refractivity contribution in [1.29, 1.82) is 0 Å². The molecule has 0 saturated carbocycles. The average Bonchev–Trinajstić information content (AvgIpc) is 3.34. The fourth-order valence-electron chi connectivity index (χ4n) is 4.96. The van der Waals surface area contributed by atoms with Crippen molar-refractivity contribution in [3.8, 4) is 5.75 Å². The van der Waals surface area contributed by atoms with E-state index in [0.29, 0.717) is 17.1 Å². The molecule has 1 aromatic heterocycles. The summed E-state index contributed by atoms with van der Waals surface area (Å²) in [6.07, 6.45) is 5.11. The van der Waals surface area contributed by atoms with Crippen LogP contribution in [0.3, 0.4) is 0 Å². The maximum absolute atomic E-state index is 12.7. The Hall–Kier alpha value is -4.90. The number of anilines is 1. The Labute approximate surface area is 223 Å². The van der Waals surface area contributed by atoms with E-state index in [9.17, 15) is 4.79 Å². The van der Waals surface area contributed by atoms with Crippen LogP contribution >= 0.6 is 0 Å². The van der Waals surface area contributed by atoms with Gasteiger partial charge in [0.05, 0.1) is 24.8 Å². The number of amides is 1. The number of nitrogens with one attached hydrogen (secondary N) is 1. The van der Waals surface area contributed by atoms with Crippen LogP contribution in [0.1, 0.15) is 28.1 Å². The van der Waals surface area contributed by atoms with E-state index in [1.165, 1.54) is 6.08 Å². The number of hydrogen-bond donors (Lipinski definition) is 1. The number of benzene rings is 4. The van der Waals surface area contributed by atoms with Gasteiger partial charge in [-0.3, -0.25) is 4.79 Å². The molecule has 188 valence electrons. The van der Waals surface area contributed by atoms with Crippen molar-refractivity contribution in [1.82, 2.24) is 9.55 Å². The van der Waals surface area contributed by atoms with Crippen molar-refractivity contribution in [3.63, 3.8) is 0 Å². The summed E-state index contributed by atoms with van der Waals surface area (Å²) in [7, 11) is 1.58. The third-order valence-electron chi connectivity index (χ3n) is 6.74. The summed E-state index contributed by atoms with van der Waals surface area (Å²) < 4.78 is 7.54. The van der Waals surface area contributed by atoms with Crippen molar-refractivity contribution < 1.29 is 9.53 Å². The van der Waals surface area contributed by atoms with Crippen molar-refractivity contribution in [2.45, 2.75) is 12.5 Å². The fraction of sp³-hybridized carbons (Fsp3) is 0.0909. The molecule has 5 aromatic rings. The van der Waals surface area contributed by atoms with E-state index in [1.807, 2.05) is 49.6 Å². The van der Waals surface area contributed by atoms with E-state index >= 15 is 0 Å². The van der Waals surface area contributed by atoms with Gasteiger partial charge in [0.1, 0.15) is 11.3 Å². The van der Waals surface area contributed by atoms with Gasteiger partial charge in [0.2, 0.25) is 5.91 Å². The van der Waals surface area contributed by atoms with Crippen molar-refractivity contribution in [3.05, 3.63) is 156 Å². The molecule has 0 bridgehead atoms. The van der Waals surface area contributed by atoms with Gasteiger partial charge >= 0.3 is 0 Å². The Morgan fingerprint density at radius 1 is 0.789 bits per heavy atom. The molecule has 4 aromatic carbocycles. The lowest BCUT2D eigenvalue weighted by Crippen LogP contribution is -2.38. The summed E-state index contributed by atoms with van der Waals surface area (Å²) in [4.78, 5) is 17.5. The van der Waals surface area contributed by atoms with Crippen molar-refractivity contribution in [2.24, 2.45) is 0 Å². The molecule has 1 heterocycles. The van der Waals surface area contributed by atoms with E-state index < -0.39 is 5.54 Å². The first-order chi connectivity index (χ1) is 18.6. The first-order valence-corrected chi connectivity index (χ1v) is 12.5. The number of methoxy groups -OCH3 is 1. The minimum Gasteiger partial charge on any atom is -0.495 e. The third-order valence-corrected chi connectivity index (χ3v) is 6.74. The quantitative estimate of drug-likeness (QED) is 0.191. The lowest BCUT2D eigenvalue weighted by Gasteiger charge is -2.38.